The number of aryl methyl sites for hydroxylation is 1. The summed E-state index contributed by atoms with van der Waals surface area (Å²) in [6.45, 7) is 4.21. The summed E-state index contributed by atoms with van der Waals surface area (Å²) in [7, 11) is 0. The smallest absolute Gasteiger partial charge is 0.126 e. The molecule has 2 heterocycles. The van der Waals surface area contributed by atoms with E-state index < -0.39 is 0 Å². The average Bonchev–Trinajstić information content (AvgIpc) is 2.48. The van der Waals surface area contributed by atoms with Crippen molar-refractivity contribution in [2.24, 2.45) is 0 Å². The van der Waals surface area contributed by atoms with Gasteiger partial charge in [-0.25, -0.2) is 4.98 Å². The molecule has 1 atom stereocenters. The second kappa shape index (κ2) is 5.95. The van der Waals surface area contributed by atoms with Crippen LogP contribution >= 0.6 is 0 Å². The first kappa shape index (κ1) is 13.0. The Bertz CT molecular complexity index is 553. The van der Waals surface area contributed by atoms with Crippen LogP contribution in [0.1, 0.15) is 18.5 Å². The van der Waals surface area contributed by atoms with Gasteiger partial charge in [-0.05, 0) is 44.0 Å². The van der Waals surface area contributed by atoms with Crippen LogP contribution in [0.15, 0.2) is 48.5 Å². The fraction of sp³-hybridized carbons (Fsp3) is 0.353. The fourth-order valence-electron chi connectivity index (χ4n) is 2.80. The molecule has 1 unspecified atom stereocenters. The lowest BCUT2D eigenvalue weighted by Crippen LogP contribution is -2.42. The topological polar surface area (TPSA) is 28.2 Å². The number of nitrogens with zero attached hydrogens (tertiary/aromatic N) is 2. The minimum atomic E-state index is 0.471. The van der Waals surface area contributed by atoms with Crippen LogP contribution in [0.4, 0.5) is 11.5 Å². The molecular formula is C17H21N3. The van der Waals surface area contributed by atoms with Crippen LogP contribution in [0.2, 0.25) is 0 Å². The Morgan fingerprint density at radius 3 is 2.75 bits per heavy atom. The highest BCUT2D eigenvalue weighted by Crippen LogP contribution is 2.21. The van der Waals surface area contributed by atoms with E-state index in [0.29, 0.717) is 6.04 Å². The molecule has 3 rings (SSSR count). The van der Waals surface area contributed by atoms with E-state index in [0.717, 1.165) is 24.6 Å². The van der Waals surface area contributed by atoms with Gasteiger partial charge in [0.25, 0.3) is 0 Å². The molecule has 104 valence electrons. The SMILES string of the molecule is Cc1cccc(NC2CCCN(c3ccccc3)C2)n1. The van der Waals surface area contributed by atoms with Gasteiger partial charge in [-0.15, -0.1) is 0 Å². The average molecular weight is 267 g/mol. The van der Waals surface area contributed by atoms with Gasteiger partial charge in [0, 0.05) is 30.5 Å². The molecular weight excluding hydrogens is 246 g/mol. The summed E-state index contributed by atoms with van der Waals surface area (Å²) in [4.78, 5) is 6.99. The van der Waals surface area contributed by atoms with E-state index in [1.807, 2.05) is 13.0 Å². The van der Waals surface area contributed by atoms with Crippen LogP contribution in [0.5, 0.6) is 0 Å². The highest BCUT2D eigenvalue weighted by atomic mass is 15.2. The maximum absolute atomic E-state index is 4.54. The van der Waals surface area contributed by atoms with Crippen molar-refractivity contribution in [2.75, 3.05) is 23.3 Å². The van der Waals surface area contributed by atoms with E-state index in [1.165, 1.54) is 18.5 Å². The van der Waals surface area contributed by atoms with E-state index >= 15 is 0 Å². The third kappa shape index (κ3) is 3.10. The van der Waals surface area contributed by atoms with E-state index in [-0.39, 0.29) is 0 Å². The summed E-state index contributed by atoms with van der Waals surface area (Å²) >= 11 is 0. The maximum Gasteiger partial charge on any atom is 0.126 e. The van der Waals surface area contributed by atoms with E-state index in [1.54, 1.807) is 0 Å². The molecule has 1 aliphatic heterocycles. The molecule has 0 saturated carbocycles. The first-order valence-electron chi connectivity index (χ1n) is 7.31. The number of benzene rings is 1. The number of piperidine rings is 1. The summed E-state index contributed by atoms with van der Waals surface area (Å²) in [6.07, 6.45) is 2.43. The van der Waals surface area contributed by atoms with Crippen LogP contribution < -0.4 is 10.2 Å². The molecule has 3 nitrogen and oxygen atoms in total. The number of hydrogen-bond donors (Lipinski definition) is 1. The predicted molar refractivity (Wildman–Crippen MR) is 84.3 cm³/mol. The second-order valence-electron chi connectivity index (χ2n) is 5.43. The first-order chi connectivity index (χ1) is 9.81. The third-order valence-electron chi connectivity index (χ3n) is 3.78. The minimum absolute atomic E-state index is 0.471. The Hall–Kier alpha value is -2.03. The molecule has 3 heteroatoms. The molecule has 0 bridgehead atoms. The normalized spacial score (nSPS) is 18.9. The van der Waals surface area contributed by atoms with Gasteiger partial charge < -0.3 is 10.2 Å². The van der Waals surface area contributed by atoms with Crippen LogP contribution in [0, 0.1) is 6.92 Å². The lowest BCUT2D eigenvalue weighted by molar-refractivity contribution is 0.529. The van der Waals surface area contributed by atoms with Gasteiger partial charge in [0.05, 0.1) is 0 Å². The van der Waals surface area contributed by atoms with Gasteiger partial charge in [0.1, 0.15) is 5.82 Å². The molecule has 0 radical (unpaired) electrons. The largest absolute Gasteiger partial charge is 0.369 e. The quantitative estimate of drug-likeness (QED) is 0.923. The zero-order valence-electron chi connectivity index (χ0n) is 11.9. The van der Waals surface area contributed by atoms with Gasteiger partial charge >= 0.3 is 0 Å². The molecule has 1 aromatic carbocycles. The summed E-state index contributed by atoms with van der Waals surface area (Å²) in [5, 5.41) is 3.57. The summed E-state index contributed by atoms with van der Waals surface area (Å²) in [5.41, 5.74) is 2.38. The van der Waals surface area contributed by atoms with Gasteiger partial charge in [-0.1, -0.05) is 24.3 Å². The van der Waals surface area contributed by atoms with Gasteiger partial charge in [-0.2, -0.15) is 0 Å². The highest BCUT2D eigenvalue weighted by Gasteiger charge is 2.20. The standard InChI is InChI=1S/C17H21N3/c1-14-7-5-11-17(18-14)19-15-8-6-12-20(13-15)16-9-3-2-4-10-16/h2-5,7,9-11,15H,6,8,12-13H2,1H3,(H,18,19). The van der Waals surface area contributed by atoms with Crippen LogP contribution in [0.3, 0.4) is 0 Å². The van der Waals surface area contributed by atoms with E-state index in [2.05, 4.69) is 57.7 Å². The molecule has 1 aromatic heterocycles. The number of anilines is 2. The maximum atomic E-state index is 4.54. The highest BCUT2D eigenvalue weighted by molar-refractivity contribution is 5.47. The van der Waals surface area contributed by atoms with Gasteiger partial charge in [0.15, 0.2) is 0 Å². The molecule has 2 aromatic rings. The Morgan fingerprint density at radius 1 is 1.10 bits per heavy atom. The predicted octanol–water partition coefficient (Wildman–Crippen LogP) is 3.47. The van der Waals surface area contributed by atoms with Crippen molar-refractivity contribution < 1.29 is 0 Å². The summed E-state index contributed by atoms with van der Waals surface area (Å²) in [5.74, 6) is 0.991. The Morgan fingerprint density at radius 2 is 1.95 bits per heavy atom. The Kier molecular flexibility index (Phi) is 3.86. The molecule has 20 heavy (non-hydrogen) atoms. The molecule has 1 saturated heterocycles. The lowest BCUT2D eigenvalue weighted by atomic mass is 10.0. The third-order valence-corrected chi connectivity index (χ3v) is 3.78. The Balaban J connectivity index is 1.66. The van der Waals surface area contributed by atoms with Crippen molar-refractivity contribution in [2.45, 2.75) is 25.8 Å². The molecule has 1 N–H and O–H groups in total. The van der Waals surface area contributed by atoms with Crippen molar-refractivity contribution >= 4 is 11.5 Å². The summed E-state index contributed by atoms with van der Waals surface area (Å²) in [6, 6.07) is 17.3. The Labute approximate surface area is 120 Å². The molecule has 1 fully saturated rings. The second-order valence-corrected chi connectivity index (χ2v) is 5.43. The van der Waals surface area contributed by atoms with Crippen molar-refractivity contribution in [1.82, 2.24) is 4.98 Å². The molecule has 0 aliphatic carbocycles. The van der Waals surface area contributed by atoms with Crippen molar-refractivity contribution in [3.05, 3.63) is 54.2 Å². The molecule has 0 spiro atoms. The first-order valence-corrected chi connectivity index (χ1v) is 7.31. The van der Waals surface area contributed by atoms with Crippen molar-refractivity contribution in [3.63, 3.8) is 0 Å². The van der Waals surface area contributed by atoms with Crippen LogP contribution in [-0.2, 0) is 0 Å². The van der Waals surface area contributed by atoms with E-state index in [9.17, 15) is 0 Å². The molecule has 0 amide bonds. The van der Waals surface area contributed by atoms with E-state index in [4.69, 9.17) is 0 Å². The number of hydrogen-bond acceptors (Lipinski definition) is 3. The zero-order valence-corrected chi connectivity index (χ0v) is 11.9. The number of pyridine rings is 1. The van der Waals surface area contributed by atoms with Crippen molar-refractivity contribution in [3.8, 4) is 0 Å². The van der Waals surface area contributed by atoms with Gasteiger partial charge in [0.2, 0.25) is 0 Å². The monoisotopic (exact) mass is 267 g/mol. The lowest BCUT2D eigenvalue weighted by Gasteiger charge is -2.35. The fourth-order valence-corrected chi connectivity index (χ4v) is 2.80. The van der Waals surface area contributed by atoms with Gasteiger partial charge in [-0.3, -0.25) is 0 Å². The summed E-state index contributed by atoms with van der Waals surface area (Å²) < 4.78 is 0. The number of aromatic nitrogens is 1. The zero-order chi connectivity index (χ0) is 13.8. The number of para-hydroxylation sites is 1. The van der Waals surface area contributed by atoms with Crippen molar-refractivity contribution in [1.29, 1.82) is 0 Å². The molecule has 1 aliphatic rings. The number of nitrogens with one attached hydrogen (secondary N) is 1. The number of rotatable bonds is 3. The van der Waals surface area contributed by atoms with Crippen LogP contribution in [0.25, 0.3) is 0 Å². The van der Waals surface area contributed by atoms with Crippen LogP contribution in [-0.4, -0.2) is 24.1 Å². The minimum Gasteiger partial charge on any atom is -0.369 e.